The fourth-order valence-corrected chi connectivity index (χ4v) is 10.5. The summed E-state index contributed by atoms with van der Waals surface area (Å²) in [5.74, 6) is -1.35. The molecule has 5 aromatic heterocycles. The second-order valence-electron chi connectivity index (χ2n) is 12.0. The first kappa shape index (κ1) is 38.3. The van der Waals surface area contributed by atoms with Crippen LogP contribution in [0, 0.1) is 0 Å². The summed E-state index contributed by atoms with van der Waals surface area (Å²) in [6, 6.07) is 0. The third kappa shape index (κ3) is 7.36. The van der Waals surface area contributed by atoms with E-state index in [1.165, 1.54) is 35.1 Å². The molecule has 0 amide bonds. The lowest BCUT2D eigenvalue weighted by Gasteiger charge is -2.24. The number of aliphatic hydroxyl groups is 2. The normalized spacial score (nSPS) is 28.8. The highest BCUT2D eigenvalue weighted by Crippen LogP contribution is 2.58. The summed E-state index contributed by atoms with van der Waals surface area (Å²) in [5, 5.41) is 21.5. The van der Waals surface area contributed by atoms with Crippen molar-refractivity contribution in [1.29, 1.82) is 0 Å². The Balaban J connectivity index is 1.07. The fraction of sp³-hybridized carbons (Fsp3) is 0.480. The van der Waals surface area contributed by atoms with Crippen LogP contribution in [-0.4, -0.2) is 131 Å². The van der Waals surface area contributed by atoms with Gasteiger partial charge < -0.3 is 59.2 Å². The van der Waals surface area contributed by atoms with Crippen LogP contribution in [0.1, 0.15) is 12.5 Å². The number of nitrogens with zero attached hydrogens (tertiary/aromatic N) is 9. The van der Waals surface area contributed by atoms with Gasteiger partial charge in [-0.3, -0.25) is 36.9 Å². The molecule has 0 radical (unpaired) electrons. The highest BCUT2D eigenvalue weighted by Gasteiger charge is 2.50. The maximum absolute atomic E-state index is 13.4. The van der Waals surface area contributed by atoms with E-state index in [1.54, 1.807) is 0 Å². The number of imidazole rings is 3. The Kier molecular flexibility index (Phi) is 10.6. The van der Waals surface area contributed by atoms with E-state index < -0.39 is 97.1 Å². The molecule has 2 saturated heterocycles. The topological polar surface area (TPSA) is 365 Å². The molecule has 2 fully saturated rings. The minimum atomic E-state index is -4.81. The van der Waals surface area contributed by atoms with Crippen molar-refractivity contribution in [3.63, 3.8) is 0 Å². The summed E-state index contributed by atoms with van der Waals surface area (Å²) >= 11 is 0. The fourth-order valence-electron chi connectivity index (χ4n) is 6.01. The lowest BCUT2D eigenvalue weighted by Crippen LogP contribution is -2.37. The lowest BCUT2D eigenvalue weighted by molar-refractivity contribution is -0.0565. The van der Waals surface area contributed by atoms with Crippen LogP contribution in [0.5, 0.6) is 0 Å². The van der Waals surface area contributed by atoms with Crippen molar-refractivity contribution in [2.45, 2.75) is 49.1 Å². The number of fused-ring (bicyclic) bond motifs is 2. The molecule has 0 saturated carbocycles. The number of nitrogens with one attached hydrogen (secondary N) is 1. The molecule has 292 valence electrons. The van der Waals surface area contributed by atoms with Gasteiger partial charge in [-0.05, 0) is 0 Å². The Bertz CT molecular complexity index is 2320. The summed E-state index contributed by atoms with van der Waals surface area (Å²) in [4.78, 5) is 59.4. The van der Waals surface area contributed by atoms with E-state index in [-0.39, 0.29) is 34.1 Å². The van der Waals surface area contributed by atoms with Crippen LogP contribution in [0.2, 0.25) is 0 Å². The smallest absolute Gasteiger partial charge is 0.339 e. The maximum Gasteiger partial charge on any atom is 0.339 e. The summed E-state index contributed by atoms with van der Waals surface area (Å²) in [5.41, 5.74) is 11.2. The molecule has 29 heteroatoms. The van der Waals surface area contributed by atoms with E-state index in [9.17, 15) is 38.5 Å². The summed E-state index contributed by atoms with van der Waals surface area (Å²) in [7, 11) is -11.5. The van der Waals surface area contributed by atoms with Gasteiger partial charge in [0.1, 0.15) is 60.7 Å². The lowest BCUT2D eigenvalue weighted by atomic mass is 10.1. The van der Waals surface area contributed by atoms with Crippen LogP contribution >= 0.6 is 23.4 Å². The van der Waals surface area contributed by atoms with Gasteiger partial charge in [0.15, 0.2) is 35.1 Å². The van der Waals surface area contributed by atoms with Gasteiger partial charge in [0, 0.05) is 19.5 Å². The number of nitrogens with two attached hydrogens (primary N) is 2. The molecule has 0 bridgehead atoms. The molecular formula is C25H33N12O14P3. The highest BCUT2D eigenvalue weighted by atomic mass is 31.2. The second kappa shape index (κ2) is 14.9. The van der Waals surface area contributed by atoms with Crippen molar-refractivity contribution in [2.75, 3.05) is 37.7 Å². The number of aromatic amines is 1. The molecular weight excluding hydrogens is 785 g/mol. The average Bonchev–Trinajstić information content (AvgIpc) is 3.95. The average molecular weight is 819 g/mol. The first-order chi connectivity index (χ1) is 25.7. The monoisotopic (exact) mass is 818 g/mol. The molecule has 5 aromatic rings. The number of hydrogen-bond acceptors (Lipinski definition) is 20. The van der Waals surface area contributed by atoms with E-state index in [1.807, 2.05) is 0 Å². The van der Waals surface area contributed by atoms with Gasteiger partial charge >= 0.3 is 23.4 Å². The molecule has 9 N–H and O–H groups in total. The van der Waals surface area contributed by atoms with Gasteiger partial charge in [0.25, 0.3) is 5.56 Å². The summed E-state index contributed by atoms with van der Waals surface area (Å²) in [6.07, 6.45) is -3.70. The predicted octanol–water partition coefficient (Wildman–Crippen LogP) is -1.46. The first-order valence-corrected chi connectivity index (χ1v) is 20.4. The Morgan fingerprint density at radius 3 is 2.39 bits per heavy atom. The zero-order valence-electron chi connectivity index (χ0n) is 27.6. The number of anilines is 2. The first-order valence-electron chi connectivity index (χ1n) is 15.6. The Morgan fingerprint density at radius 1 is 0.944 bits per heavy atom. The molecule has 0 spiro atoms. The largest absolute Gasteiger partial charge is 0.387 e. The number of aromatic nitrogens is 10. The number of ether oxygens (including phenoxy) is 3. The van der Waals surface area contributed by atoms with Crippen LogP contribution in [0.15, 0.2) is 42.5 Å². The predicted molar refractivity (Wildman–Crippen MR) is 181 cm³/mol. The summed E-state index contributed by atoms with van der Waals surface area (Å²) < 4.78 is 76.6. The zero-order valence-corrected chi connectivity index (χ0v) is 30.4. The van der Waals surface area contributed by atoms with Crippen molar-refractivity contribution in [1.82, 2.24) is 48.4 Å². The molecule has 3 unspecified atom stereocenters. The van der Waals surface area contributed by atoms with E-state index >= 15 is 0 Å². The van der Waals surface area contributed by atoms with E-state index in [4.69, 9.17) is 39.2 Å². The number of methoxy groups -OCH3 is 1. The minimum Gasteiger partial charge on any atom is -0.387 e. The quantitative estimate of drug-likeness (QED) is 0.0629. The third-order valence-electron chi connectivity index (χ3n) is 8.53. The van der Waals surface area contributed by atoms with Gasteiger partial charge in [0.05, 0.1) is 25.9 Å². The van der Waals surface area contributed by atoms with Crippen LogP contribution in [0.3, 0.4) is 0 Å². The van der Waals surface area contributed by atoms with Crippen LogP contribution < -0.4 is 17.0 Å². The van der Waals surface area contributed by atoms with E-state index in [0.29, 0.717) is 0 Å². The molecule has 0 aliphatic carbocycles. The highest BCUT2D eigenvalue weighted by molar-refractivity contribution is 7.72. The Labute approximate surface area is 302 Å². The molecule has 2 aliphatic heterocycles. The minimum absolute atomic E-state index is 0.0311. The standard InChI is InChI=1S/C25H33N12O14P3/c1-46-18-17(51-52(41)47-4-11-15(38)16(39)23(49-11)37-9-32-14-21(37)33-25(27)34-22(14)40)12(5-48-54(44,45)10-53(42,43)35-3-2-28-7-35)50-24(18)36-8-31-13-19(26)29-6-30-20(13)36/h2-3,6-9,11-12,15-18,23-24,38-39,52H,4-5,10H2,1H3,(H,42,43)(H,44,45)(H2,26,29,30)(H3,27,33,34,40)/t11-,12-,15-,16-,17-,18-,23-,24-/m1/s1. The third-order valence-corrected chi connectivity index (χ3v) is 13.8. The van der Waals surface area contributed by atoms with Crippen LogP contribution in [-0.2, 0) is 41.5 Å². The molecule has 54 heavy (non-hydrogen) atoms. The van der Waals surface area contributed by atoms with E-state index in [0.717, 1.165) is 23.2 Å². The second-order valence-corrected chi connectivity index (χ2v) is 17.5. The SMILES string of the molecule is CO[C@@H]1[C@H](O[PH](=O)OC[C@H]2O[C@@H](n3cnc4c(=O)[nH]c(N)nc43)[C@H](O)[C@@H]2O)[C@@H](COP(=O)(O)CP(=O)(O)n2ccnc2)O[C@H]1n1cnc2c(N)ncnc21. The summed E-state index contributed by atoms with van der Waals surface area (Å²) in [6.45, 7) is -1.32. The van der Waals surface area contributed by atoms with Gasteiger partial charge in [-0.1, -0.05) is 0 Å². The van der Waals surface area contributed by atoms with Crippen LogP contribution in [0.25, 0.3) is 22.3 Å². The van der Waals surface area contributed by atoms with Crippen molar-refractivity contribution < 1.29 is 61.5 Å². The number of H-pyrrole nitrogens is 1. The van der Waals surface area contributed by atoms with Crippen molar-refractivity contribution >= 4 is 57.5 Å². The Morgan fingerprint density at radius 2 is 1.67 bits per heavy atom. The molecule has 0 aromatic carbocycles. The number of nitrogen functional groups attached to an aromatic ring is 2. The number of hydrogen-bond donors (Lipinski definition) is 7. The van der Waals surface area contributed by atoms with Gasteiger partial charge in [-0.2, -0.15) is 4.98 Å². The van der Waals surface area contributed by atoms with Crippen molar-refractivity contribution in [2.24, 2.45) is 0 Å². The zero-order chi connectivity index (χ0) is 38.5. The molecule has 26 nitrogen and oxygen atoms in total. The molecule has 11 atom stereocenters. The Hall–Kier alpha value is -4.00. The van der Waals surface area contributed by atoms with E-state index in [2.05, 4.69) is 34.9 Å². The van der Waals surface area contributed by atoms with Crippen molar-refractivity contribution in [3.05, 3.63) is 48.1 Å². The number of aliphatic hydroxyl groups excluding tert-OH is 2. The maximum atomic E-state index is 13.4. The van der Waals surface area contributed by atoms with Gasteiger partial charge in [-0.15, -0.1) is 0 Å². The van der Waals surface area contributed by atoms with Crippen molar-refractivity contribution in [3.8, 4) is 0 Å². The molecule has 7 rings (SSSR count). The molecule has 7 heterocycles. The molecule has 2 aliphatic rings. The van der Waals surface area contributed by atoms with Gasteiger partial charge in [0.2, 0.25) is 5.95 Å². The number of rotatable bonds is 14. The van der Waals surface area contributed by atoms with Crippen LogP contribution in [0.4, 0.5) is 11.8 Å². The van der Waals surface area contributed by atoms with Gasteiger partial charge in [-0.25, -0.2) is 24.9 Å².